The number of nitrogens with one attached hydrogen (secondary N) is 1. The molecule has 0 aliphatic heterocycles. The highest BCUT2D eigenvalue weighted by molar-refractivity contribution is 7.19. The van der Waals surface area contributed by atoms with E-state index in [1.807, 2.05) is 6.07 Å². The van der Waals surface area contributed by atoms with E-state index in [4.69, 9.17) is 0 Å². The van der Waals surface area contributed by atoms with Crippen molar-refractivity contribution in [2.24, 2.45) is 0 Å². The van der Waals surface area contributed by atoms with Gasteiger partial charge in [-0.3, -0.25) is 0 Å². The third-order valence-corrected chi connectivity index (χ3v) is 4.51. The van der Waals surface area contributed by atoms with Crippen LogP contribution in [0.4, 0.5) is 13.2 Å². The second-order valence-electron chi connectivity index (χ2n) is 4.72. The standard InChI is InChI=1S/C16H12F3NS/c1-20-16(12-7-10(17)4-5-13(12)19)15-6-9-2-3-11(18)8-14(9)21-15/h2-8,16,20H,1H3. The van der Waals surface area contributed by atoms with Crippen molar-refractivity contribution in [3.05, 3.63) is 70.4 Å². The van der Waals surface area contributed by atoms with Crippen LogP contribution in [0.1, 0.15) is 16.5 Å². The van der Waals surface area contributed by atoms with Crippen LogP contribution in [0.2, 0.25) is 0 Å². The number of rotatable bonds is 3. The number of halogens is 3. The summed E-state index contributed by atoms with van der Waals surface area (Å²) >= 11 is 1.36. The van der Waals surface area contributed by atoms with Gasteiger partial charge in [0.05, 0.1) is 6.04 Å². The van der Waals surface area contributed by atoms with E-state index in [-0.39, 0.29) is 11.4 Å². The summed E-state index contributed by atoms with van der Waals surface area (Å²) in [4.78, 5) is 0.808. The first-order valence-corrected chi connectivity index (χ1v) is 7.21. The average Bonchev–Trinajstić information content (AvgIpc) is 2.86. The summed E-state index contributed by atoms with van der Waals surface area (Å²) in [6.45, 7) is 0. The third-order valence-electron chi connectivity index (χ3n) is 3.34. The number of thiophene rings is 1. The molecule has 5 heteroatoms. The van der Waals surface area contributed by atoms with Crippen molar-refractivity contribution in [3.63, 3.8) is 0 Å². The largest absolute Gasteiger partial charge is 0.309 e. The highest BCUT2D eigenvalue weighted by Gasteiger charge is 2.19. The van der Waals surface area contributed by atoms with Crippen molar-refractivity contribution in [1.82, 2.24) is 5.32 Å². The Labute approximate surface area is 124 Å². The molecule has 1 unspecified atom stereocenters. The second kappa shape index (κ2) is 5.50. The molecular formula is C16H12F3NS. The molecule has 2 aromatic carbocycles. The van der Waals surface area contributed by atoms with Gasteiger partial charge in [-0.05, 0) is 48.8 Å². The van der Waals surface area contributed by atoms with E-state index < -0.39 is 17.7 Å². The molecule has 0 fully saturated rings. The Bertz CT molecular complexity index is 797. The lowest BCUT2D eigenvalue weighted by Gasteiger charge is -2.15. The van der Waals surface area contributed by atoms with Gasteiger partial charge in [0.2, 0.25) is 0 Å². The minimum Gasteiger partial charge on any atom is -0.309 e. The summed E-state index contributed by atoms with van der Waals surface area (Å²) < 4.78 is 41.4. The molecule has 1 heterocycles. The predicted molar refractivity (Wildman–Crippen MR) is 79.0 cm³/mol. The maximum Gasteiger partial charge on any atom is 0.128 e. The normalized spacial score (nSPS) is 12.8. The van der Waals surface area contributed by atoms with Crippen molar-refractivity contribution < 1.29 is 13.2 Å². The fourth-order valence-corrected chi connectivity index (χ4v) is 3.57. The van der Waals surface area contributed by atoms with Crippen LogP contribution in [0, 0.1) is 17.5 Å². The molecule has 3 rings (SSSR count). The fraction of sp³-hybridized carbons (Fsp3) is 0.125. The number of fused-ring (bicyclic) bond motifs is 1. The molecule has 0 spiro atoms. The monoisotopic (exact) mass is 307 g/mol. The minimum absolute atomic E-state index is 0.240. The van der Waals surface area contributed by atoms with E-state index >= 15 is 0 Å². The molecule has 1 N–H and O–H groups in total. The van der Waals surface area contributed by atoms with E-state index in [0.29, 0.717) is 0 Å². The van der Waals surface area contributed by atoms with Crippen LogP contribution >= 0.6 is 11.3 Å². The van der Waals surface area contributed by atoms with Gasteiger partial charge in [0.1, 0.15) is 17.5 Å². The van der Waals surface area contributed by atoms with Crippen LogP contribution in [0.25, 0.3) is 10.1 Å². The summed E-state index contributed by atoms with van der Waals surface area (Å²) in [5.74, 6) is -1.27. The van der Waals surface area contributed by atoms with Crippen molar-refractivity contribution in [1.29, 1.82) is 0 Å². The molecule has 0 aliphatic rings. The molecule has 1 nitrogen and oxygen atoms in total. The maximum absolute atomic E-state index is 13.9. The maximum atomic E-state index is 13.9. The molecule has 1 aromatic heterocycles. The first-order chi connectivity index (χ1) is 10.1. The Kier molecular flexibility index (Phi) is 3.69. The topological polar surface area (TPSA) is 12.0 Å². The highest BCUT2D eigenvalue weighted by Crippen LogP contribution is 2.34. The van der Waals surface area contributed by atoms with Crippen LogP contribution in [0.5, 0.6) is 0 Å². The zero-order chi connectivity index (χ0) is 15.0. The number of hydrogen-bond donors (Lipinski definition) is 1. The Hall–Kier alpha value is -1.85. The molecule has 0 radical (unpaired) electrons. The quantitative estimate of drug-likeness (QED) is 0.744. The van der Waals surface area contributed by atoms with E-state index in [2.05, 4.69) is 5.32 Å². The summed E-state index contributed by atoms with van der Waals surface area (Å²) in [5.41, 5.74) is 0.240. The van der Waals surface area contributed by atoms with Crippen molar-refractivity contribution in [3.8, 4) is 0 Å². The van der Waals surface area contributed by atoms with Crippen molar-refractivity contribution in [2.75, 3.05) is 7.05 Å². The van der Waals surface area contributed by atoms with Gasteiger partial charge in [-0.25, -0.2) is 13.2 Å². The molecule has 0 bridgehead atoms. The molecule has 0 amide bonds. The molecule has 1 atom stereocenters. The zero-order valence-corrected chi connectivity index (χ0v) is 12.0. The third kappa shape index (κ3) is 2.66. The second-order valence-corrected chi connectivity index (χ2v) is 5.83. The minimum atomic E-state index is -0.487. The smallest absolute Gasteiger partial charge is 0.128 e. The van der Waals surface area contributed by atoms with Gasteiger partial charge in [-0.15, -0.1) is 11.3 Å². The Morgan fingerprint density at radius 3 is 2.43 bits per heavy atom. The van der Waals surface area contributed by atoms with Crippen molar-refractivity contribution in [2.45, 2.75) is 6.04 Å². The van der Waals surface area contributed by atoms with Gasteiger partial charge in [0, 0.05) is 15.1 Å². The summed E-state index contributed by atoms with van der Waals surface area (Å²) in [6.07, 6.45) is 0. The van der Waals surface area contributed by atoms with Gasteiger partial charge < -0.3 is 5.32 Å². The van der Waals surface area contributed by atoms with Crippen LogP contribution < -0.4 is 5.32 Å². The van der Waals surface area contributed by atoms with Gasteiger partial charge in [-0.2, -0.15) is 0 Å². The van der Waals surface area contributed by atoms with Gasteiger partial charge in [0.25, 0.3) is 0 Å². The van der Waals surface area contributed by atoms with E-state index in [9.17, 15) is 13.2 Å². The summed E-state index contributed by atoms with van der Waals surface area (Å²) in [5, 5.41) is 3.87. The lowest BCUT2D eigenvalue weighted by Crippen LogP contribution is -2.18. The number of benzene rings is 2. The summed E-state index contributed by atoms with van der Waals surface area (Å²) in [6, 6.07) is 9.29. The Balaban J connectivity index is 2.11. The van der Waals surface area contributed by atoms with Crippen LogP contribution in [0.15, 0.2) is 42.5 Å². The lowest BCUT2D eigenvalue weighted by atomic mass is 10.0. The molecule has 3 aromatic rings. The van der Waals surface area contributed by atoms with Crippen LogP contribution in [-0.4, -0.2) is 7.05 Å². The van der Waals surface area contributed by atoms with Crippen molar-refractivity contribution >= 4 is 21.4 Å². The van der Waals surface area contributed by atoms with Gasteiger partial charge in [-0.1, -0.05) is 6.07 Å². The molecule has 0 saturated heterocycles. The first-order valence-electron chi connectivity index (χ1n) is 6.39. The lowest BCUT2D eigenvalue weighted by molar-refractivity contribution is 0.560. The van der Waals surface area contributed by atoms with Crippen LogP contribution in [0.3, 0.4) is 0 Å². The molecular weight excluding hydrogens is 295 g/mol. The van der Waals surface area contributed by atoms with Gasteiger partial charge in [0.15, 0.2) is 0 Å². The number of hydrogen-bond acceptors (Lipinski definition) is 2. The highest BCUT2D eigenvalue weighted by atomic mass is 32.1. The SMILES string of the molecule is CNC(c1cc2ccc(F)cc2s1)c1cc(F)ccc1F. The van der Waals surface area contributed by atoms with Crippen LogP contribution in [-0.2, 0) is 0 Å². The van der Waals surface area contributed by atoms with E-state index in [0.717, 1.165) is 27.1 Å². The summed E-state index contributed by atoms with van der Waals surface area (Å²) in [7, 11) is 1.68. The Morgan fingerprint density at radius 1 is 0.952 bits per heavy atom. The van der Waals surface area contributed by atoms with E-state index in [1.54, 1.807) is 13.1 Å². The molecule has 108 valence electrons. The molecule has 21 heavy (non-hydrogen) atoms. The Morgan fingerprint density at radius 2 is 1.67 bits per heavy atom. The molecule has 0 aliphatic carbocycles. The average molecular weight is 307 g/mol. The fourth-order valence-electron chi connectivity index (χ4n) is 2.35. The molecule has 0 saturated carbocycles. The van der Waals surface area contributed by atoms with E-state index in [1.165, 1.54) is 29.5 Å². The van der Waals surface area contributed by atoms with Gasteiger partial charge >= 0.3 is 0 Å². The first kappa shape index (κ1) is 14.1. The predicted octanol–water partition coefficient (Wildman–Crippen LogP) is 4.63. The zero-order valence-electron chi connectivity index (χ0n) is 11.2.